The zero-order valence-corrected chi connectivity index (χ0v) is 16.1. The molecule has 0 saturated carbocycles. The average molecular weight is 389 g/mol. The largest absolute Gasteiger partial charge is 0.481 e. The van der Waals surface area contributed by atoms with E-state index in [1.807, 2.05) is 71.6 Å². The maximum atomic E-state index is 12.9. The van der Waals surface area contributed by atoms with Crippen molar-refractivity contribution in [1.29, 1.82) is 5.26 Å². The minimum absolute atomic E-state index is 0.0403. The minimum Gasteiger partial charge on any atom is -0.481 e. The summed E-state index contributed by atoms with van der Waals surface area (Å²) in [6, 6.07) is 21.4. The Hall–Kier alpha value is -3.59. The number of para-hydroxylation sites is 1. The topological polar surface area (TPSA) is 84.6 Å². The van der Waals surface area contributed by atoms with E-state index in [0.29, 0.717) is 32.5 Å². The molecule has 1 aliphatic heterocycles. The molecule has 2 aromatic carbocycles. The highest BCUT2D eigenvalue weighted by atomic mass is 16.4. The number of hydrogen-bond acceptors (Lipinski definition) is 4. The number of likely N-dealkylation sites (tertiary alicyclic amines) is 1. The lowest BCUT2D eigenvalue weighted by molar-refractivity contribution is -0.145. The van der Waals surface area contributed by atoms with E-state index in [-0.39, 0.29) is 11.5 Å². The average Bonchev–Trinajstić information content (AvgIpc) is 2.77. The van der Waals surface area contributed by atoms with Crippen molar-refractivity contribution in [3.05, 3.63) is 78.0 Å². The first-order valence-electron chi connectivity index (χ1n) is 9.58. The van der Waals surface area contributed by atoms with Crippen LogP contribution in [-0.2, 0) is 16.1 Å². The van der Waals surface area contributed by atoms with Gasteiger partial charge in [0.15, 0.2) is 0 Å². The van der Waals surface area contributed by atoms with Gasteiger partial charge in [-0.3, -0.25) is 9.59 Å². The fraction of sp³-hybridized carbons (Fsp3) is 0.261. The molecule has 0 aromatic heterocycles. The molecule has 0 radical (unpaired) electrons. The lowest BCUT2D eigenvalue weighted by Crippen LogP contribution is -2.41. The number of piperidine rings is 1. The predicted molar refractivity (Wildman–Crippen MR) is 110 cm³/mol. The van der Waals surface area contributed by atoms with E-state index in [1.165, 1.54) is 0 Å². The first-order chi connectivity index (χ1) is 14.1. The van der Waals surface area contributed by atoms with Gasteiger partial charge in [-0.2, -0.15) is 5.26 Å². The summed E-state index contributed by atoms with van der Waals surface area (Å²) in [5.41, 5.74) is 1.97. The number of benzene rings is 2. The zero-order chi connectivity index (χ0) is 20.6. The second-order valence-electron chi connectivity index (χ2n) is 7.01. The summed E-state index contributed by atoms with van der Waals surface area (Å²) in [4.78, 5) is 27.5. The van der Waals surface area contributed by atoms with E-state index in [0.717, 1.165) is 11.3 Å². The second kappa shape index (κ2) is 9.56. The Morgan fingerprint density at radius 3 is 2.21 bits per heavy atom. The van der Waals surface area contributed by atoms with Gasteiger partial charge in [0.25, 0.3) is 5.91 Å². The van der Waals surface area contributed by atoms with Crippen molar-refractivity contribution < 1.29 is 14.7 Å². The fourth-order valence-corrected chi connectivity index (χ4v) is 3.40. The molecule has 0 spiro atoms. The molecule has 1 saturated heterocycles. The molecule has 3 rings (SSSR count). The highest BCUT2D eigenvalue weighted by Crippen LogP contribution is 2.21. The number of carboxylic acid groups (broad SMARTS) is 1. The Bertz CT molecular complexity index is 911. The van der Waals surface area contributed by atoms with Gasteiger partial charge in [0.05, 0.1) is 5.92 Å². The molecule has 0 aliphatic carbocycles. The molecule has 0 atom stereocenters. The van der Waals surface area contributed by atoms with Crippen LogP contribution in [0.25, 0.3) is 0 Å². The maximum absolute atomic E-state index is 12.9. The van der Waals surface area contributed by atoms with E-state index < -0.39 is 11.9 Å². The number of nitrogens with zero attached hydrogens (tertiary/aromatic N) is 3. The normalized spacial score (nSPS) is 14.9. The molecule has 1 amide bonds. The summed E-state index contributed by atoms with van der Waals surface area (Å²) in [5.74, 6) is -1.61. The molecule has 148 valence electrons. The van der Waals surface area contributed by atoms with Crippen LogP contribution in [0.3, 0.4) is 0 Å². The van der Waals surface area contributed by atoms with Gasteiger partial charge in [0.2, 0.25) is 0 Å². The third-order valence-electron chi connectivity index (χ3n) is 5.05. The Labute approximate surface area is 170 Å². The number of anilines is 1. The van der Waals surface area contributed by atoms with Gasteiger partial charge in [-0.25, -0.2) is 0 Å². The smallest absolute Gasteiger partial charge is 0.306 e. The van der Waals surface area contributed by atoms with E-state index in [4.69, 9.17) is 5.11 Å². The van der Waals surface area contributed by atoms with Crippen LogP contribution >= 0.6 is 0 Å². The van der Waals surface area contributed by atoms with Crippen molar-refractivity contribution in [3.8, 4) is 6.07 Å². The molecule has 6 heteroatoms. The van der Waals surface area contributed by atoms with E-state index in [2.05, 4.69) is 0 Å². The Kier molecular flexibility index (Phi) is 6.64. The van der Waals surface area contributed by atoms with Crippen LogP contribution < -0.4 is 4.90 Å². The number of rotatable bonds is 6. The summed E-state index contributed by atoms with van der Waals surface area (Å²) < 4.78 is 0. The summed E-state index contributed by atoms with van der Waals surface area (Å²) in [5, 5.41) is 18.8. The lowest BCUT2D eigenvalue weighted by Gasteiger charge is -2.30. The molecular formula is C23H23N3O3. The molecule has 6 nitrogen and oxygen atoms in total. The molecule has 2 aromatic rings. The third kappa shape index (κ3) is 5.23. The summed E-state index contributed by atoms with van der Waals surface area (Å²) in [6.07, 6.45) is 2.41. The molecule has 1 fully saturated rings. The van der Waals surface area contributed by atoms with Crippen LogP contribution in [0.4, 0.5) is 5.69 Å². The molecule has 0 unspecified atom stereocenters. The van der Waals surface area contributed by atoms with Gasteiger partial charge < -0.3 is 14.9 Å². The van der Waals surface area contributed by atoms with Crippen LogP contribution in [0, 0.1) is 17.2 Å². The molecule has 0 bridgehead atoms. The molecule has 29 heavy (non-hydrogen) atoms. The number of carbonyl (C=O) groups is 2. The van der Waals surface area contributed by atoms with Crippen LogP contribution in [0.15, 0.2) is 72.4 Å². The molecule has 1 heterocycles. The number of nitriles is 1. The number of carbonyl (C=O) groups excluding carboxylic acids is 1. The number of aliphatic carboxylic acids is 1. The van der Waals surface area contributed by atoms with Crippen LogP contribution in [-0.4, -0.2) is 35.0 Å². The number of carboxylic acids is 1. The second-order valence-corrected chi connectivity index (χ2v) is 7.01. The van der Waals surface area contributed by atoms with Crippen molar-refractivity contribution in [2.45, 2.75) is 19.4 Å². The Morgan fingerprint density at radius 2 is 1.66 bits per heavy atom. The first-order valence-corrected chi connectivity index (χ1v) is 9.58. The highest BCUT2D eigenvalue weighted by Gasteiger charge is 2.28. The summed E-state index contributed by atoms with van der Waals surface area (Å²) in [6.45, 7) is 1.21. The van der Waals surface area contributed by atoms with E-state index >= 15 is 0 Å². The number of hydrogen-bond donors (Lipinski definition) is 1. The van der Waals surface area contributed by atoms with Crippen molar-refractivity contribution in [1.82, 2.24) is 4.90 Å². The predicted octanol–water partition coefficient (Wildman–Crippen LogP) is 3.42. The maximum Gasteiger partial charge on any atom is 0.306 e. The molecule has 1 aliphatic rings. The van der Waals surface area contributed by atoms with Gasteiger partial charge in [0.1, 0.15) is 11.6 Å². The van der Waals surface area contributed by atoms with Gasteiger partial charge in [-0.1, -0.05) is 48.5 Å². The van der Waals surface area contributed by atoms with Crippen molar-refractivity contribution >= 4 is 17.6 Å². The van der Waals surface area contributed by atoms with Gasteiger partial charge in [-0.05, 0) is 30.5 Å². The summed E-state index contributed by atoms with van der Waals surface area (Å²) >= 11 is 0. The molecule has 1 N–H and O–H groups in total. The van der Waals surface area contributed by atoms with Crippen LogP contribution in [0.2, 0.25) is 0 Å². The Morgan fingerprint density at radius 1 is 1.07 bits per heavy atom. The van der Waals surface area contributed by atoms with Crippen LogP contribution in [0.5, 0.6) is 0 Å². The third-order valence-corrected chi connectivity index (χ3v) is 5.05. The van der Waals surface area contributed by atoms with Gasteiger partial charge >= 0.3 is 5.97 Å². The van der Waals surface area contributed by atoms with Gasteiger partial charge in [0, 0.05) is 31.5 Å². The minimum atomic E-state index is -0.828. The van der Waals surface area contributed by atoms with Crippen LogP contribution in [0.1, 0.15) is 18.4 Å². The van der Waals surface area contributed by atoms with Crippen molar-refractivity contribution in [2.75, 3.05) is 18.0 Å². The van der Waals surface area contributed by atoms with E-state index in [9.17, 15) is 14.9 Å². The van der Waals surface area contributed by atoms with Crippen molar-refractivity contribution in [2.24, 2.45) is 5.92 Å². The molecular weight excluding hydrogens is 366 g/mol. The quantitative estimate of drug-likeness (QED) is 0.604. The highest BCUT2D eigenvalue weighted by molar-refractivity contribution is 5.97. The fourth-order valence-electron chi connectivity index (χ4n) is 3.40. The van der Waals surface area contributed by atoms with Gasteiger partial charge in [-0.15, -0.1) is 0 Å². The zero-order valence-electron chi connectivity index (χ0n) is 16.1. The monoisotopic (exact) mass is 389 g/mol. The SMILES string of the molecule is N#C/C(=C/N(Cc1ccccc1)c1ccccc1)C(=O)N1CCC(C(=O)O)CC1. The number of amides is 1. The standard InChI is InChI=1S/C23H23N3O3/c24-15-20(22(27)25-13-11-19(12-14-25)23(28)29)17-26(21-9-5-2-6-10-21)16-18-7-3-1-4-8-18/h1-10,17,19H,11-14,16H2,(H,28,29)/b20-17-. The summed E-state index contributed by atoms with van der Waals surface area (Å²) in [7, 11) is 0. The lowest BCUT2D eigenvalue weighted by atomic mass is 9.97. The Balaban J connectivity index is 1.82. The van der Waals surface area contributed by atoms with Crippen molar-refractivity contribution in [3.63, 3.8) is 0 Å². The van der Waals surface area contributed by atoms with E-state index in [1.54, 1.807) is 11.1 Å². The first kappa shape index (κ1) is 20.2.